The number of carbonyl (C=O) groups excluding carboxylic acids is 1. The van der Waals surface area contributed by atoms with Gasteiger partial charge in [0.05, 0.1) is 15.5 Å². The van der Waals surface area contributed by atoms with Crippen molar-refractivity contribution in [2.24, 2.45) is 5.10 Å². The zero-order valence-corrected chi connectivity index (χ0v) is 18.1. The molecule has 9 nitrogen and oxygen atoms in total. The van der Waals surface area contributed by atoms with E-state index in [-0.39, 0.29) is 16.1 Å². The maximum atomic E-state index is 12.6. The number of sulfonamides is 1. The number of carbonyl (C=O) groups is 1. The van der Waals surface area contributed by atoms with Crippen molar-refractivity contribution in [2.75, 3.05) is 13.1 Å². The van der Waals surface area contributed by atoms with E-state index in [0.29, 0.717) is 29.9 Å². The molecule has 0 saturated heterocycles. The number of hydrogen-bond acceptors (Lipinski definition) is 6. The zero-order valence-electron chi connectivity index (χ0n) is 17.2. The minimum atomic E-state index is -3.69. The first kappa shape index (κ1) is 23.2. The Morgan fingerprint density at radius 3 is 2.40 bits per heavy atom. The average molecular weight is 433 g/mol. The number of nitrogens with one attached hydrogen (secondary N) is 1. The van der Waals surface area contributed by atoms with Crippen molar-refractivity contribution in [1.82, 2.24) is 9.73 Å². The van der Waals surface area contributed by atoms with Gasteiger partial charge in [-0.3, -0.25) is 14.9 Å². The maximum Gasteiger partial charge on any atom is 0.272 e. The zero-order chi connectivity index (χ0) is 22.5. The molecule has 0 bridgehead atoms. The van der Waals surface area contributed by atoms with E-state index in [2.05, 4.69) is 10.5 Å². The minimum Gasteiger partial charge on any atom is -0.267 e. The molecule has 0 radical (unpaired) electrons. The van der Waals surface area contributed by atoms with Gasteiger partial charge in [-0.25, -0.2) is 13.8 Å². The van der Waals surface area contributed by atoms with Crippen molar-refractivity contribution < 1.29 is 18.1 Å². The largest absolute Gasteiger partial charge is 0.272 e. The van der Waals surface area contributed by atoms with Crippen LogP contribution in [-0.4, -0.2) is 42.4 Å². The molecule has 1 N–H and O–H groups in total. The first-order chi connectivity index (χ1) is 14.1. The highest BCUT2D eigenvalue weighted by atomic mass is 32.2. The molecule has 0 aliphatic rings. The molecule has 10 heteroatoms. The van der Waals surface area contributed by atoms with Crippen LogP contribution in [0.2, 0.25) is 0 Å². The van der Waals surface area contributed by atoms with Gasteiger partial charge in [-0.05, 0) is 32.0 Å². The lowest BCUT2D eigenvalue weighted by atomic mass is 10.1. The van der Waals surface area contributed by atoms with Crippen LogP contribution >= 0.6 is 0 Å². The van der Waals surface area contributed by atoms with Crippen molar-refractivity contribution in [3.05, 3.63) is 69.3 Å². The second-order valence-corrected chi connectivity index (χ2v) is 8.45. The number of amides is 1. The van der Waals surface area contributed by atoms with Gasteiger partial charge in [-0.2, -0.15) is 9.41 Å². The van der Waals surface area contributed by atoms with Gasteiger partial charge in [-0.1, -0.05) is 32.0 Å². The van der Waals surface area contributed by atoms with E-state index in [1.807, 2.05) is 0 Å². The molecule has 0 unspecified atom stereocenters. The highest BCUT2D eigenvalue weighted by Crippen LogP contribution is 2.20. The van der Waals surface area contributed by atoms with Crippen LogP contribution in [0.5, 0.6) is 0 Å². The van der Waals surface area contributed by atoms with Gasteiger partial charge in [0.15, 0.2) is 0 Å². The molecular formula is C20H24N4O5S. The second-order valence-electron chi connectivity index (χ2n) is 6.51. The number of hydrogen-bond donors (Lipinski definition) is 1. The first-order valence-corrected chi connectivity index (χ1v) is 10.8. The second kappa shape index (κ2) is 9.59. The van der Waals surface area contributed by atoms with Gasteiger partial charge in [0.2, 0.25) is 10.0 Å². The molecule has 0 spiro atoms. The minimum absolute atomic E-state index is 0.0220. The van der Waals surface area contributed by atoms with Crippen LogP contribution in [0.4, 0.5) is 5.69 Å². The van der Waals surface area contributed by atoms with Crippen LogP contribution in [0, 0.1) is 17.0 Å². The first-order valence-electron chi connectivity index (χ1n) is 9.32. The van der Waals surface area contributed by atoms with Gasteiger partial charge in [0.1, 0.15) is 0 Å². The van der Waals surface area contributed by atoms with Crippen LogP contribution in [0.3, 0.4) is 0 Å². The smallest absolute Gasteiger partial charge is 0.267 e. The fraction of sp³-hybridized carbons (Fsp3) is 0.300. The molecule has 2 rings (SSSR count). The summed E-state index contributed by atoms with van der Waals surface area (Å²) in [6, 6.07) is 10.4. The van der Waals surface area contributed by atoms with E-state index < -0.39 is 20.9 Å². The molecule has 0 heterocycles. The number of rotatable bonds is 8. The van der Waals surface area contributed by atoms with Gasteiger partial charge in [-0.15, -0.1) is 0 Å². The Labute approximate surface area is 175 Å². The number of nitro groups is 1. The molecule has 0 aliphatic carbocycles. The maximum absolute atomic E-state index is 12.6. The van der Waals surface area contributed by atoms with Crippen molar-refractivity contribution in [3.8, 4) is 0 Å². The van der Waals surface area contributed by atoms with Gasteiger partial charge in [0.25, 0.3) is 11.6 Å². The molecule has 30 heavy (non-hydrogen) atoms. The van der Waals surface area contributed by atoms with Crippen LogP contribution in [0.1, 0.15) is 42.3 Å². The summed E-state index contributed by atoms with van der Waals surface area (Å²) >= 11 is 0. The SMILES string of the molecule is CCN(CC)S(=O)(=O)c1cccc(C(=O)N/N=C(\C)c2ccc(C)c([N+](=O)[O-])c2)c1. The summed E-state index contributed by atoms with van der Waals surface area (Å²) in [6.45, 7) is 7.36. The summed E-state index contributed by atoms with van der Waals surface area (Å²) in [5.74, 6) is -0.590. The molecular weight excluding hydrogens is 408 g/mol. The van der Waals surface area contributed by atoms with E-state index in [0.717, 1.165) is 0 Å². The lowest BCUT2D eigenvalue weighted by molar-refractivity contribution is -0.385. The quantitative estimate of drug-likeness (QED) is 0.390. The third-order valence-corrected chi connectivity index (χ3v) is 6.63. The monoisotopic (exact) mass is 432 g/mol. The summed E-state index contributed by atoms with van der Waals surface area (Å²) in [5.41, 5.74) is 3.85. The Bertz CT molecular complexity index is 1090. The summed E-state index contributed by atoms with van der Waals surface area (Å²) in [5, 5.41) is 15.1. The van der Waals surface area contributed by atoms with Crippen molar-refractivity contribution in [3.63, 3.8) is 0 Å². The van der Waals surface area contributed by atoms with E-state index in [1.54, 1.807) is 39.8 Å². The number of aryl methyl sites for hydroxylation is 1. The summed E-state index contributed by atoms with van der Waals surface area (Å²) < 4.78 is 26.6. The van der Waals surface area contributed by atoms with E-state index in [1.165, 1.54) is 34.6 Å². The molecule has 160 valence electrons. The Morgan fingerprint density at radius 2 is 1.80 bits per heavy atom. The highest BCUT2D eigenvalue weighted by Gasteiger charge is 2.22. The molecule has 2 aromatic carbocycles. The predicted molar refractivity (Wildman–Crippen MR) is 114 cm³/mol. The van der Waals surface area contributed by atoms with Crippen molar-refractivity contribution >= 4 is 27.3 Å². The number of benzene rings is 2. The highest BCUT2D eigenvalue weighted by molar-refractivity contribution is 7.89. The van der Waals surface area contributed by atoms with Crippen LogP contribution < -0.4 is 5.43 Å². The van der Waals surface area contributed by atoms with Crippen LogP contribution in [-0.2, 0) is 10.0 Å². The Balaban J connectivity index is 2.25. The molecule has 2 aromatic rings. The van der Waals surface area contributed by atoms with Gasteiger partial charge >= 0.3 is 0 Å². The topological polar surface area (TPSA) is 122 Å². The number of nitrogens with zero attached hydrogens (tertiary/aromatic N) is 3. The van der Waals surface area contributed by atoms with Gasteiger partial charge in [0, 0.05) is 35.8 Å². The summed E-state index contributed by atoms with van der Waals surface area (Å²) in [7, 11) is -3.69. The van der Waals surface area contributed by atoms with Crippen molar-refractivity contribution in [1.29, 1.82) is 0 Å². The van der Waals surface area contributed by atoms with E-state index >= 15 is 0 Å². The molecule has 1 amide bonds. The Kier molecular flexibility index (Phi) is 7.41. The van der Waals surface area contributed by atoms with Crippen LogP contribution in [0.15, 0.2) is 52.5 Å². The fourth-order valence-corrected chi connectivity index (χ4v) is 4.31. The molecule has 0 fully saturated rings. The fourth-order valence-electron chi connectivity index (χ4n) is 2.81. The third kappa shape index (κ3) is 5.08. The Morgan fingerprint density at radius 1 is 1.13 bits per heavy atom. The lowest BCUT2D eigenvalue weighted by Gasteiger charge is -2.18. The number of hydrazone groups is 1. The van der Waals surface area contributed by atoms with Crippen LogP contribution in [0.25, 0.3) is 0 Å². The summed E-state index contributed by atoms with van der Waals surface area (Å²) in [4.78, 5) is 23.1. The third-order valence-electron chi connectivity index (χ3n) is 4.59. The average Bonchev–Trinajstić information content (AvgIpc) is 2.72. The number of nitro benzene ring substituents is 1. The van der Waals surface area contributed by atoms with Gasteiger partial charge < -0.3 is 0 Å². The Hall–Kier alpha value is -3.11. The standard InChI is InChI=1S/C20H24N4O5S/c1-5-23(6-2)30(28,29)18-9-7-8-17(12-18)20(25)22-21-15(4)16-11-10-14(3)19(13-16)24(26)27/h7-13H,5-6H2,1-4H3,(H,22,25)/b21-15+. The van der Waals surface area contributed by atoms with Crippen molar-refractivity contribution in [2.45, 2.75) is 32.6 Å². The van der Waals surface area contributed by atoms with E-state index in [4.69, 9.17) is 0 Å². The molecule has 0 atom stereocenters. The molecule has 0 saturated carbocycles. The predicted octanol–water partition coefficient (Wildman–Crippen LogP) is 3.09. The van der Waals surface area contributed by atoms with E-state index in [9.17, 15) is 23.3 Å². The summed E-state index contributed by atoms with van der Waals surface area (Å²) in [6.07, 6.45) is 0. The molecule has 0 aromatic heterocycles. The molecule has 0 aliphatic heterocycles. The normalized spacial score (nSPS) is 12.1. The lowest BCUT2D eigenvalue weighted by Crippen LogP contribution is -2.30.